The summed E-state index contributed by atoms with van der Waals surface area (Å²) in [5, 5.41) is 0. The molecule has 0 bridgehead atoms. The Morgan fingerprint density at radius 2 is 1.33 bits per heavy atom. The third kappa shape index (κ3) is 19.2. The van der Waals surface area contributed by atoms with E-state index in [0.29, 0.717) is 0 Å². The lowest BCUT2D eigenvalue weighted by Crippen LogP contribution is -1.58. The van der Waals surface area contributed by atoms with Gasteiger partial charge in [0.1, 0.15) is 0 Å². The predicted octanol–water partition coefficient (Wildman–Crippen LogP) is 0.312. The zero-order valence-electron chi connectivity index (χ0n) is 7.48. The minimum Gasteiger partial charge on any atom is -0.351 e. The van der Waals surface area contributed by atoms with Gasteiger partial charge in [0.25, 0.3) is 11.0 Å². The first kappa shape index (κ1) is 16.1. The van der Waals surface area contributed by atoms with Crippen LogP contribution in [0.4, 0.5) is 0 Å². The van der Waals surface area contributed by atoms with Crippen LogP contribution in [0.5, 0.6) is 0 Å². The van der Waals surface area contributed by atoms with Gasteiger partial charge >= 0.3 is 0 Å². The Morgan fingerprint density at radius 3 is 1.40 bits per heavy atom. The number of aromatic amines is 2. The van der Waals surface area contributed by atoms with E-state index in [4.69, 9.17) is 13.0 Å². The van der Waals surface area contributed by atoms with Crippen LogP contribution in [0.15, 0.2) is 37.4 Å². The highest BCUT2D eigenvalue weighted by molar-refractivity contribution is 7.66. The molecule has 0 aromatic carbocycles. The SMILES string of the molecule is Cl.O=[SH](=O)O.c1c[nH]cn1.c1c[nH]cn1. The zero-order chi connectivity index (χ0) is 10.6. The lowest BCUT2D eigenvalue weighted by Gasteiger charge is -1.46. The highest BCUT2D eigenvalue weighted by Gasteiger charge is 1.56. The van der Waals surface area contributed by atoms with Gasteiger partial charge < -0.3 is 9.97 Å². The summed E-state index contributed by atoms with van der Waals surface area (Å²) in [4.78, 5) is 12.8. The van der Waals surface area contributed by atoms with E-state index in [9.17, 15) is 0 Å². The number of H-pyrrole nitrogens is 2. The maximum absolute atomic E-state index is 8.59. The number of hydrogen-bond acceptors (Lipinski definition) is 4. The zero-order valence-corrected chi connectivity index (χ0v) is 9.19. The molecule has 3 N–H and O–H groups in total. The normalized spacial score (nSPS) is 7.60. The van der Waals surface area contributed by atoms with Gasteiger partial charge in [-0.3, -0.25) is 4.55 Å². The van der Waals surface area contributed by atoms with Crippen LogP contribution < -0.4 is 0 Å². The third-order valence-electron chi connectivity index (χ3n) is 0.812. The van der Waals surface area contributed by atoms with E-state index in [0.717, 1.165) is 0 Å². The number of hydrogen-bond donors (Lipinski definition) is 4. The van der Waals surface area contributed by atoms with Gasteiger partial charge in [0.05, 0.1) is 12.7 Å². The van der Waals surface area contributed by atoms with Crippen molar-refractivity contribution < 1.29 is 13.0 Å². The maximum Gasteiger partial charge on any atom is 0.254 e. The Hall–Kier alpha value is -1.38. The lowest BCUT2D eigenvalue weighted by molar-refractivity contribution is 0.509. The monoisotopic (exact) mass is 254 g/mol. The van der Waals surface area contributed by atoms with Crippen LogP contribution in [0.2, 0.25) is 0 Å². The van der Waals surface area contributed by atoms with Crippen molar-refractivity contribution in [2.75, 3.05) is 0 Å². The highest BCUT2D eigenvalue weighted by atomic mass is 35.5. The fourth-order valence-corrected chi connectivity index (χ4v) is 0.430. The first-order valence-electron chi connectivity index (χ1n) is 3.42. The minimum atomic E-state index is -3.12. The molecule has 0 radical (unpaired) electrons. The quantitative estimate of drug-likeness (QED) is 0.399. The molecule has 0 amide bonds. The molecule has 0 unspecified atom stereocenters. The number of imidazole rings is 2. The molecule has 7 nitrogen and oxygen atoms in total. The largest absolute Gasteiger partial charge is 0.351 e. The Balaban J connectivity index is 0. The third-order valence-corrected chi connectivity index (χ3v) is 0.812. The van der Waals surface area contributed by atoms with Gasteiger partial charge in [-0.1, -0.05) is 0 Å². The van der Waals surface area contributed by atoms with E-state index in [1.807, 2.05) is 0 Å². The van der Waals surface area contributed by atoms with Crippen LogP contribution in [0.1, 0.15) is 0 Å². The molecule has 15 heavy (non-hydrogen) atoms. The number of aromatic nitrogens is 4. The minimum absolute atomic E-state index is 0. The number of nitrogens with zero attached hydrogens (tertiary/aromatic N) is 2. The Labute approximate surface area is 94.2 Å². The van der Waals surface area contributed by atoms with Crippen LogP contribution in [-0.2, 0) is 11.0 Å². The van der Waals surface area contributed by atoms with E-state index < -0.39 is 11.0 Å². The second-order valence-corrected chi connectivity index (χ2v) is 2.23. The Morgan fingerprint density at radius 1 is 1.00 bits per heavy atom. The molecule has 0 fully saturated rings. The molecule has 9 heteroatoms. The van der Waals surface area contributed by atoms with Crippen LogP contribution in [0.3, 0.4) is 0 Å². The lowest BCUT2D eigenvalue weighted by atomic mass is 11.0. The molecule has 86 valence electrons. The molecule has 2 rings (SSSR count). The summed E-state index contributed by atoms with van der Waals surface area (Å²) in [6.07, 6.45) is 10.2. The molecule has 0 saturated carbocycles. The molecule has 2 aromatic heterocycles. The van der Waals surface area contributed by atoms with Gasteiger partial charge in [0.2, 0.25) is 0 Å². The Bertz CT molecular complexity index is 280. The Kier molecular flexibility index (Phi) is 13.5. The van der Waals surface area contributed by atoms with E-state index >= 15 is 0 Å². The van der Waals surface area contributed by atoms with E-state index in [1.54, 1.807) is 37.4 Å². The van der Waals surface area contributed by atoms with Gasteiger partial charge in [0.15, 0.2) is 0 Å². The highest BCUT2D eigenvalue weighted by Crippen LogP contribution is 1.63. The van der Waals surface area contributed by atoms with Crippen molar-refractivity contribution in [3.8, 4) is 0 Å². The molecule has 0 atom stereocenters. The average Bonchev–Trinajstić information content (AvgIpc) is 2.83. The predicted molar refractivity (Wildman–Crippen MR) is 57.4 cm³/mol. The number of rotatable bonds is 0. The molecular formula is C6H11ClN4O3S. The topological polar surface area (TPSA) is 112 Å². The summed E-state index contributed by atoms with van der Waals surface area (Å²) < 4.78 is 24.2. The van der Waals surface area contributed by atoms with Crippen molar-refractivity contribution in [2.24, 2.45) is 0 Å². The number of halogens is 1. The summed E-state index contributed by atoms with van der Waals surface area (Å²) in [6.45, 7) is 0. The fraction of sp³-hybridized carbons (Fsp3) is 0. The molecule has 2 aromatic rings. The van der Waals surface area contributed by atoms with Crippen molar-refractivity contribution in [1.29, 1.82) is 0 Å². The smallest absolute Gasteiger partial charge is 0.254 e. The van der Waals surface area contributed by atoms with Crippen molar-refractivity contribution in [2.45, 2.75) is 0 Å². The summed E-state index contributed by atoms with van der Waals surface area (Å²) >= 11 is 0. The summed E-state index contributed by atoms with van der Waals surface area (Å²) in [5.74, 6) is 0. The van der Waals surface area contributed by atoms with E-state index in [2.05, 4.69) is 19.9 Å². The van der Waals surface area contributed by atoms with Crippen LogP contribution in [-0.4, -0.2) is 32.9 Å². The van der Waals surface area contributed by atoms with Crippen LogP contribution in [0.25, 0.3) is 0 Å². The number of thiol groups is 1. The summed E-state index contributed by atoms with van der Waals surface area (Å²) in [5.41, 5.74) is 0. The molecule has 0 saturated heterocycles. The van der Waals surface area contributed by atoms with Gasteiger partial charge in [0, 0.05) is 24.8 Å². The summed E-state index contributed by atoms with van der Waals surface area (Å²) in [7, 11) is -3.12. The van der Waals surface area contributed by atoms with E-state index in [-0.39, 0.29) is 12.4 Å². The molecule has 0 aliphatic rings. The molecule has 0 spiro atoms. The number of nitrogens with one attached hydrogen (secondary N) is 2. The van der Waals surface area contributed by atoms with E-state index in [1.165, 1.54) is 0 Å². The van der Waals surface area contributed by atoms with Crippen LogP contribution >= 0.6 is 12.4 Å². The van der Waals surface area contributed by atoms with Gasteiger partial charge in [-0.2, -0.15) is 0 Å². The second kappa shape index (κ2) is 12.6. The second-order valence-electron chi connectivity index (χ2n) is 1.76. The maximum atomic E-state index is 8.59. The van der Waals surface area contributed by atoms with Crippen molar-refractivity contribution in [3.05, 3.63) is 37.4 Å². The molecule has 0 aliphatic carbocycles. The molecular weight excluding hydrogens is 244 g/mol. The van der Waals surface area contributed by atoms with Gasteiger partial charge in [-0.05, 0) is 0 Å². The average molecular weight is 255 g/mol. The van der Waals surface area contributed by atoms with Gasteiger partial charge in [-0.15, -0.1) is 12.4 Å². The van der Waals surface area contributed by atoms with Crippen molar-refractivity contribution in [3.63, 3.8) is 0 Å². The molecule has 0 aliphatic heterocycles. The van der Waals surface area contributed by atoms with Crippen LogP contribution in [0, 0.1) is 0 Å². The first-order chi connectivity index (χ1) is 6.73. The van der Waals surface area contributed by atoms with Crippen molar-refractivity contribution in [1.82, 2.24) is 19.9 Å². The standard InChI is InChI=1S/2C3H4N2.ClH.H2O3S/c2*1-2-5-3-4-1;;1-4(2)3/h2*1-3H,(H,4,5);1H;4H,(H,1,2,3). The van der Waals surface area contributed by atoms with Crippen molar-refractivity contribution >= 4 is 23.4 Å². The first-order valence-corrected chi connectivity index (χ1v) is 4.55. The fourth-order valence-electron chi connectivity index (χ4n) is 0.430. The summed E-state index contributed by atoms with van der Waals surface area (Å²) in [6, 6.07) is 0. The molecule has 2 heterocycles. The van der Waals surface area contributed by atoms with Gasteiger partial charge in [-0.25, -0.2) is 18.4 Å².